The van der Waals surface area contributed by atoms with E-state index >= 15 is 0 Å². The molecule has 3 nitrogen and oxygen atoms in total. The van der Waals surface area contributed by atoms with Crippen LogP contribution in [0.15, 0.2) is 18.2 Å². The SMILES string of the molecule is CC(O)c1c(F)cccc1N(C)CCO. The molecule has 0 spiro atoms. The maximum atomic E-state index is 13.5. The lowest BCUT2D eigenvalue weighted by Gasteiger charge is -2.23. The Bertz CT molecular complexity index is 328. The molecule has 0 aromatic heterocycles. The number of anilines is 1. The summed E-state index contributed by atoms with van der Waals surface area (Å²) in [6, 6.07) is 4.63. The number of nitrogens with zero attached hydrogens (tertiary/aromatic N) is 1. The molecule has 1 aromatic carbocycles. The average Bonchev–Trinajstić information content (AvgIpc) is 2.17. The van der Waals surface area contributed by atoms with Gasteiger partial charge in [0.1, 0.15) is 5.82 Å². The van der Waals surface area contributed by atoms with Crippen molar-refractivity contribution < 1.29 is 14.6 Å². The third-order valence-electron chi connectivity index (χ3n) is 2.29. The number of hydrogen-bond acceptors (Lipinski definition) is 3. The van der Waals surface area contributed by atoms with Crippen LogP contribution in [0.3, 0.4) is 0 Å². The third-order valence-corrected chi connectivity index (χ3v) is 2.29. The molecule has 0 saturated carbocycles. The normalized spacial score (nSPS) is 12.6. The van der Waals surface area contributed by atoms with E-state index in [0.717, 1.165) is 0 Å². The second-order valence-corrected chi connectivity index (χ2v) is 3.49. The van der Waals surface area contributed by atoms with Crippen LogP contribution in [-0.4, -0.2) is 30.4 Å². The highest BCUT2D eigenvalue weighted by Gasteiger charge is 2.15. The van der Waals surface area contributed by atoms with Crippen molar-refractivity contribution in [2.75, 3.05) is 25.1 Å². The smallest absolute Gasteiger partial charge is 0.131 e. The maximum absolute atomic E-state index is 13.5. The van der Waals surface area contributed by atoms with Crippen molar-refractivity contribution in [3.63, 3.8) is 0 Å². The summed E-state index contributed by atoms with van der Waals surface area (Å²) in [5.41, 5.74) is 0.882. The molecule has 0 aliphatic heterocycles. The molecule has 0 saturated heterocycles. The number of benzene rings is 1. The van der Waals surface area contributed by atoms with Crippen LogP contribution in [0, 0.1) is 5.82 Å². The number of aliphatic hydroxyl groups excluding tert-OH is 2. The highest BCUT2D eigenvalue weighted by molar-refractivity contribution is 5.54. The summed E-state index contributed by atoms with van der Waals surface area (Å²) < 4.78 is 13.5. The van der Waals surface area contributed by atoms with Crippen LogP contribution < -0.4 is 4.90 Å². The van der Waals surface area contributed by atoms with Gasteiger partial charge in [-0.2, -0.15) is 0 Å². The molecule has 4 heteroatoms. The van der Waals surface area contributed by atoms with Gasteiger partial charge in [-0.3, -0.25) is 0 Å². The Hall–Kier alpha value is -1.13. The topological polar surface area (TPSA) is 43.7 Å². The fraction of sp³-hybridized carbons (Fsp3) is 0.455. The zero-order valence-electron chi connectivity index (χ0n) is 8.94. The van der Waals surface area contributed by atoms with E-state index in [4.69, 9.17) is 5.11 Å². The van der Waals surface area contributed by atoms with Crippen LogP contribution in [-0.2, 0) is 0 Å². The highest BCUT2D eigenvalue weighted by Crippen LogP contribution is 2.27. The number of likely N-dealkylation sites (N-methyl/N-ethyl adjacent to an activating group) is 1. The fourth-order valence-corrected chi connectivity index (χ4v) is 1.54. The highest BCUT2D eigenvalue weighted by atomic mass is 19.1. The Labute approximate surface area is 88.8 Å². The zero-order valence-corrected chi connectivity index (χ0v) is 8.94. The summed E-state index contributed by atoms with van der Waals surface area (Å²) in [5, 5.41) is 18.3. The molecule has 1 aromatic rings. The van der Waals surface area contributed by atoms with Gasteiger partial charge in [-0.05, 0) is 19.1 Å². The molecule has 2 N–H and O–H groups in total. The van der Waals surface area contributed by atoms with Gasteiger partial charge in [0, 0.05) is 24.8 Å². The Balaban J connectivity index is 3.10. The van der Waals surface area contributed by atoms with Gasteiger partial charge >= 0.3 is 0 Å². The molecule has 0 aliphatic rings. The minimum Gasteiger partial charge on any atom is -0.395 e. The molecule has 0 radical (unpaired) electrons. The first-order chi connectivity index (χ1) is 7.07. The Morgan fingerprint density at radius 2 is 2.13 bits per heavy atom. The van der Waals surface area contributed by atoms with Gasteiger partial charge in [-0.25, -0.2) is 4.39 Å². The van der Waals surface area contributed by atoms with Gasteiger partial charge in [-0.15, -0.1) is 0 Å². The molecule has 1 rings (SSSR count). The zero-order chi connectivity index (χ0) is 11.4. The van der Waals surface area contributed by atoms with E-state index in [1.807, 2.05) is 0 Å². The minimum atomic E-state index is -0.859. The van der Waals surface area contributed by atoms with Crippen LogP contribution in [0.5, 0.6) is 0 Å². The van der Waals surface area contributed by atoms with E-state index < -0.39 is 11.9 Å². The monoisotopic (exact) mass is 213 g/mol. The van der Waals surface area contributed by atoms with Crippen molar-refractivity contribution >= 4 is 5.69 Å². The van der Waals surface area contributed by atoms with Gasteiger partial charge < -0.3 is 15.1 Å². The second kappa shape index (κ2) is 5.09. The Morgan fingerprint density at radius 1 is 1.47 bits per heavy atom. The van der Waals surface area contributed by atoms with Gasteiger partial charge in [0.2, 0.25) is 0 Å². The quantitative estimate of drug-likeness (QED) is 0.792. The standard InChI is InChI=1S/C11H16FNO2/c1-8(15)11-9(12)4-3-5-10(11)13(2)6-7-14/h3-5,8,14-15H,6-7H2,1-2H3. The van der Waals surface area contributed by atoms with E-state index in [9.17, 15) is 9.50 Å². The first-order valence-electron chi connectivity index (χ1n) is 4.86. The number of aliphatic hydroxyl groups is 2. The predicted octanol–water partition coefficient (Wildman–Crippen LogP) is 1.31. The molecule has 0 amide bonds. The summed E-state index contributed by atoms with van der Waals surface area (Å²) >= 11 is 0. The largest absolute Gasteiger partial charge is 0.395 e. The van der Waals surface area contributed by atoms with Crippen molar-refractivity contribution in [1.29, 1.82) is 0 Å². The van der Waals surface area contributed by atoms with Crippen LogP contribution >= 0.6 is 0 Å². The molecular weight excluding hydrogens is 197 g/mol. The van der Waals surface area contributed by atoms with Crippen LogP contribution in [0.2, 0.25) is 0 Å². The van der Waals surface area contributed by atoms with E-state index in [1.54, 1.807) is 24.1 Å². The van der Waals surface area contributed by atoms with Gasteiger partial charge in [0.15, 0.2) is 0 Å². The van der Waals surface area contributed by atoms with Crippen molar-refractivity contribution in [2.24, 2.45) is 0 Å². The van der Waals surface area contributed by atoms with E-state index in [1.165, 1.54) is 13.0 Å². The molecule has 0 fully saturated rings. The summed E-state index contributed by atoms with van der Waals surface area (Å²) in [7, 11) is 1.75. The lowest BCUT2D eigenvalue weighted by molar-refractivity contribution is 0.194. The molecular formula is C11H16FNO2. The number of hydrogen-bond donors (Lipinski definition) is 2. The van der Waals surface area contributed by atoms with E-state index in [0.29, 0.717) is 12.2 Å². The van der Waals surface area contributed by atoms with Crippen molar-refractivity contribution in [3.05, 3.63) is 29.6 Å². The molecule has 0 heterocycles. The minimum absolute atomic E-state index is 0.00768. The van der Waals surface area contributed by atoms with Crippen LogP contribution in [0.4, 0.5) is 10.1 Å². The average molecular weight is 213 g/mol. The van der Waals surface area contributed by atoms with Gasteiger partial charge in [0.05, 0.1) is 12.7 Å². The Morgan fingerprint density at radius 3 is 2.67 bits per heavy atom. The first-order valence-corrected chi connectivity index (χ1v) is 4.86. The maximum Gasteiger partial charge on any atom is 0.131 e. The summed E-state index contributed by atoms with van der Waals surface area (Å²) in [4.78, 5) is 1.71. The van der Waals surface area contributed by atoms with Gasteiger partial charge in [0.25, 0.3) is 0 Å². The molecule has 84 valence electrons. The molecule has 0 aliphatic carbocycles. The summed E-state index contributed by atoms with van der Waals surface area (Å²) in [6.45, 7) is 1.92. The van der Waals surface area contributed by atoms with Crippen molar-refractivity contribution in [1.82, 2.24) is 0 Å². The predicted molar refractivity (Wildman–Crippen MR) is 57.4 cm³/mol. The molecule has 1 unspecified atom stereocenters. The molecule has 1 atom stereocenters. The number of halogens is 1. The lowest BCUT2D eigenvalue weighted by atomic mass is 10.1. The summed E-state index contributed by atoms with van der Waals surface area (Å²) in [6.07, 6.45) is -0.859. The first kappa shape index (κ1) is 11.9. The van der Waals surface area contributed by atoms with Crippen molar-refractivity contribution in [3.8, 4) is 0 Å². The fourth-order valence-electron chi connectivity index (χ4n) is 1.54. The van der Waals surface area contributed by atoms with Crippen molar-refractivity contribution in [2.45, 2.75) is 13.0 Å². The summed E-state index contributed by atoms with van der Waals surface area (Å²) in [5.74, 6) is -0.424. The Kier molecular flexibility index (Phi) is 4.05. The van der Waals surface area contributed by atoms with Crippen LogP contribution in [0.1, 0.15) is 18.6 Å². The number of rotatable bonds is 4. The van der Waals surface area contributed by atoms with E-state index in [2.05, 4.69) is 0 Å². The van der Waals surface area contributed by atoms with Crippen LogP contribution in [0.25, 0.3) is 0 Å². The van der Waals surface area contributed by atoms with E-state index in [-0.39, 0.29) is 12.2 Å². The van der Waals surface area contributed by atoms with Gasteiger partial charge in [-0.1, -0.05) is 6.07 Å². The third kappa shape index (κ3) is 2.67. The lowest BCUT2D eigenvalue weighted by Crippen LogP contribution is -2.23. The molecule has 15 heavy (non-hydrogen) atoms. The second-order valence-electron chi connectivity index (χ2n) is 3.49. The molecule has 0 bridgehead atoms.